The highest BCUT2D eigenvalue weighted by molar-refractivity contribution is 5.92. The largest absolute Gasteiger partial charge is 0.508 e. The highest BCUT2D eigenvalue weighted by atomic mass is 16.6. The van der Waals surface area contributed by atoms with Crippen LogP contribution in [0.3, 0.4) is 0 Å². The highest BCUT2D eigenvalue weighted by Gasteiger charge is 2.35. The highest BCUT2D eigenvalue weighted by Crippen LogP contribution is 2.26. The van der Waals surface area contributed by atoms with Crippen LogP contribution in [0.25, 0.3) is 0 Å². The SMILES string of the molecule is CCCCCNC(=O)C(c1cccc(O)c1)N(CC)C(=O)C(CCC(N)=O)NC(=O)OC(C)(C)C. The quantitative estimate of drug-likeness (QED) is 0.311. The normalized spacial score (nSPS) is 12.8. The Morgan fingerprint density at radius 2 is 1.83 bits per heavy atom. The lowest BCUT2D eigenvalue weighted by Gasteiger charge is -2.33. The minimum atomic E-state index is -1.15. The fraction of sp³-hybridized carbons (Fsp3) is 0.600. The molecule has 1 aromatic rings. The van der Waals surface area contributed by atoms with Gasteiger partial charge < -0.3 is 31.1 Å². The lowest BCUT2D eigenvalue weighted by Crippen LogP contribution is -2.53. The van der Waals surface area contributed by atoms with Gasteiger partial charge in [0.1, 0.15) is 23.4 Å². The summed E-state index contributed by atoms with van der Waals surface area (Å²) in [6.45, 7) is 9.39. The molecule has 0 bridgehead atoms. The van der Waals surface area contributed by atoms with Crippen molar-refractivity contribution in [3.05, 3.63) is 29.8 Å². The predicted octanol–water partition coefficient (Wildman–Crippen LogP) is 2.75. The molecule has 0 saturated heterocycles. The van der Waals surface area contributed by atoms with Crippen LogP contribution < -0.4 is 16.4 Å². The van der Waals surface area contributed by atoms with E-state index in [2.05, 4.69) is 17.6 Å². The van der Waals surface area contributed by atoms with E-state index in [1.165, 1.54) is 17.0 Å². The van der Waals surface area contributed by atoms with E-state index in [0.29, 0.717) is 12.1 Å². The lowest BCUT2D eigenvalue weighted by molar-refractivity contribution is -0.142. The second-order valence-corrected chi connectivity index (χ2v) is 9.32. The summed E-state index contributed by atoms with van der Waals surface area (Å²) in [6.07, 6.45) is 1.69. The molecule has 0 radical (unpaired) electrons. The Morgan fingerprint density at radius 3 is 2.37 bits per heavy atom. The maximum Gasteiger partial charge on any atom is 0.408 e. The second kappa shape index (κ2) is 14.2. The standard InChI is InChI=1S/C25H40N4O6/c1-6-8-9-15-27-22(32)21(17-11-10-12-18(30)16-17)29(7-2)23(33)19(13-14-20(26)31)28-24(34)35-25(3,4)5/h10-12,16,19,21,30H,6-9,13-15H2,1-5H3,(H2,26,31)(H,27,32)(H,28,34). The van der Waals surface area contributed by atoms with Gasteiger partial charge >= 0.3 is 6.09 Å². The predicted molar refractivity (Wildman–Crippen MR) is 132 cm³/mol. The molecule has 5 N–H and O–H groups in total. The van der Waals surface area contributed by atoms with Crippen LogP contribution in [-0.4, -0.2) is 58.6 Å². The number of alkyl carbamates (subject to hydrolysis) is 1. The molecule has 0 fully saturated rings. The molecule has 1 rings (SSSR count). The summed E-state index contributed by atoms with van der Waals surface area (Å²) in [4.78, 5) is 52.0. The molecule has 0 saturated carbocycles. The van der Waals surface area contributed by atoms with Crippen molar-refractivity contribution in [2.24, 2.45) is 5.73 Å². The Hall–Kier alpha value is -3.30. The van der Waals surface area contributed by atoms with Gasteiger partial charge in [-0.3, -0.25) is 14.4 Å². The number of carbonyl (C=O) groups excluding carboxylic acids is 4. The first-order valence-electron chi connectivity index (χ1n) is 12.0. The molecule has 2 unspecified atom stereocenters. The third-order valence-electron chi connectivity index (χ3n) is 5.12. The van der Waals surface area contributed by atoms with E-state index >= 15 is 0 Å². The Bertz CT molecular complexity index is 868. The number of nitrogens with zero attached hydrogens (tertiary/aromatic N) is 1. The average Bonchev–Trinajstić information content (AvgIpc) is 2.75. The number of benzene rings is 1. The van der Waals surface area contributed by atoms with Gasteiger partial charge in [-0.15, -0.1) is 0 Å². The van der Waals surface area contributed by atoms with Gasteiger partial charge in [0.2, 0.25) is 17.7 Å². The number of rotatable bonds is 13. The lowest BCUT2D eigenvalue weighted by atomic mass is 10.0. The Morgan fingerprint density at radius 1 is 1.14 bits per heavy atom. The molecule has 1 aromatic carbocycles. The number of aromatic hydroxyl groups is 1. The Balaban J connectivity index is 3.28. The van der Waals surface area contributed by atoms with Crippen molar-refractivity contribution in [3.8, 4) is 5.75 Å². The van der Waals surface area contributed by atoms with E-state index in [4.69, 9.17) is 10.5 Å². The summed E-state index contributed by atoms with van der Waals surface area (Å²) in [5.74, 6) is -1.66. The third kappa shape index (κ3) is 10.7. The van der Waals surface area contributed by atoms with E-state index < -0.39 is 41.5 Å². The van der Waals surface area contributed by atoms with Gasteiger partial charge in [-0.25, -0.2) is 4.79 Å². The van der Waals surface area contributed by atoms with Gasteiger partial charge in [-0.05, 0) is 58.2 Å². The van der Waals surface area contributed by atoms with Crippen LogP contribution in [0.2, 0.25) is 0 Å². The van der Waals surface area contributed by atoms with Crippen LogP contribution in [0, 0.1) is 0 Å². The van der Waals surface area contributed by atoms with Crippen LogP contribution in [0.1, 0.15) is 78.3 Å². The molecule has 2 atom stereocenters. The minimum absolute atomic E-state index is 0.0491. The molecule has 0 spiro atoms. The van der Waals surface area contributed by atoms with Crippen LogP contribution in [-0.2, 0) is 19.1 Å². The van der Waals surface area contributed by atoms with Gasteiger partial charge in [0, 0.05) is 19.5 Å². The number of unbranched alkanes of at least 4 members (excludes halogenated alkanes) is 2. The van der Waals surface area contributed by atoms with Crippen LogP contribution in [0.4, 0.5) is 4.79 Å². The summed E-state index contributed by atoms with van der Waals surface area (Å²) in [5, 5.41) is 15.4. The van der Waals surface area contributed by atoms with Crippen molar-refractivity contribution in [3.63, 3.8) is 0 Å². The van der Waals surface area contributed by atoms with Crippen molar-refractivity contribution in [1.82, 2.24) is 15.5 Å². The number of hydrogen-bond donors (Lipinski definition) is 4. The summed E-state index contributed by atoms with van der Waals surface area (Å²) < 4.78 is 5.27. The average molecular weight is 493 g/mol. The first-order chi connectivity index (χ1) is 16.4. The van der Waals surface area contributed by atoms with Gasteiger partial charge in [0.25, 0.3) is 0 Å². The number of hydrogen-bond acceptors (Lipinski definition) is 6. The molecule has 0 aliphatic rings. The van der Waals surface area contributed by atoms with Crippen molar-refractivity contribution in [2.75, 3.05) is 13.1 Å². The van der Waals surface area contributed by atoms with E-state index in [-0.39, 0.29) is 25.1 Å². The molecule has 10 nitrogen and oxygen atoms in total. The summed E-state index contributed by atoms with van der Waals surface area (Å²) in [7, 11) is 0. The first-order valence-corrected chi connectivity index (χ1v) is 12.0. The molecule has 35 heavy (non-hydrogen) atoms. The van der Waals surface area contributed by atoms with Crippen molar-refractivity contribution >= 4 is 23.8 Å². The van der Waals surface area contributed by atoms with Gasteiger partial charge in [-0.1, -0.05) is 31.9 Å². The smallest absolute Gasteiger partial charge is 0.408 e. The van der Waals surface area contributed by atoms with Crippen LogP contribution in [0.15, 0.2) is 24.3 Å². The second-order valence-electron chi connectivity index (χ2n) is 9.32. The summed E-state index contributed by atoms with van der Waals surface area (Å²) in [6, 6.07) is 3.92. The molecule has 196 valence electrons. The van der Waals surface area contributed by atoms with Gasteiger partial charge in [-0.2, -0.15) is 0 Å². The van der Waals surface area contributed by atoms with Crippen molar-refractivity contribution < 1.29 is 29.0 Å². The zero-order valence-electron chi connectivity index (χ0n) is 21.4. The van der Waals surface area contributed by atoms with E-state index in [1.54, 1.807) is 39.8 Å². The Labute approximate surface area is 207 Å². The molecule has 0 aromatic heterocycles. The van der Waals surface area contributed by atoms with E-state index in [1.807, 2.05) is 0 Å². The zero-order valence-corrected chi connectivity index (χ0v) is 21.4. The van der Waals surface area contributed by atoms with E-state index in [0.717, 1.165) is 19.3 Å². The molecule has 10 heteroatoms. The Kier molecular flexibility index (Phi) is 12.0. The number of likely N-dealkylation sites (N-methyl/N-ethyl adjacent to an activating group) is 1. The monoisotopic (exact) mass is 492 g/mol. The number of carbonyl (C=O) groups is 4. The third-order valence-corrected chi connectivity index (χ3v) is 5.12. The maximum absolute atomic E-state index is 13.6. The summed E-state index contributed by atoms with van der Waals surface area (Å²) in [5.41, 5.74) is 4.90. The number of primary amides is 1. The number of nitrogens with two attached hydrogens (primary N) is 1. The zero-order chi connectivity index (χ0) is 26.6. The van der Waals surface area contributed by atoms with Crippen molar-refractivity contribution in [1.29, 1.82) is 0 Å². The van der Waals surface area contributed by atoms with Crippen molar-refractivity contribution in [2.45, 2.75) is 84.4 Å². The number of phenolic OH excluding ortho intramolecular Hbond substituents is 1. The maximum atomic E-state index is 13.6. The molecule has 0 aliphatic heterocycles. The minimum Gasteiger partial charge on any atom is -0.508 e. The number of nitrogens with one attached hydrogen (secondary N) is 2. The molecule has 4 amide bonds. The molecule has 0 aliphatic carbocycles. The molecular formula is C25H40N4O6. The van der Waals surface area contributed by atoms with Gasteiger partial charge in [0.05, 0.1) is 0 Å². The van der Waals surface area contributed by atoms with Crippen LogP contribution >= 0.6 is 0 Å². The topological polar surface area (TPSA) is 151 Å². The fourth-order valence-electron chi connectivity index (χ4n) is 3.51. The number of amides is 4. The first kappa shape index (κ1) is 29.7. The number of ether oxygens (including phenoxy) is 1. The molecule has 0 heterocycles. The fourth-order valence-corrected chi connectivity index (χ4v) is 3.51. The van der Waals surface area contributed by atoms with Gasteiger partial charge in [0.15, 0.2) is 0 Å². The van der Waals surface area contributed by atoms with Crippen LogP contribution in [0.5, 0.6) is 5.75 Å². The van der Waals surface area contributed by atoms with E-state index in [9.17, 15) is 24.3 Å². The summed E-state index contributed by atoms with van der Waals surface area (Å²) >= 11 is 0. The number of phenols is 1. The molecular weight excluding hydrogens is 452 g/mol.